The van der Waals surface area contributed by atoms with Gasteiger partial charge in [-0.25, -0.2) is 26.7 Å². The molecule has 0 aliphatic rings. The van der Waals surface area contributed by atoms with E-state index in [0.717, 1.165) is 24.3 Å². The maximum absolute atomic E-state index is 14.5. The van der Waals surface area contributed by atoms with Gasteiger partial charge >= 0.3 is 6.18 Å². The molecule has 0 bridgehead atoms. The molecule has 1 heterocycles. The highest BCUT2D eigenvalue weighted by molar-refractivity contribution is 7.89. The molecule has 0 saturated carbocycles. The fourth-order valence-electron chi connectivity index (χ4n) is 2.65. The van der Waals surface area contributed by atoms with Crippen LogP contribution in [0.3, 0.4) is 0 Å². The van der Waals surface area contributed by atoms with E-state index in [9.17, 15) is 34.8 Å². The van der Waals surface area contributed by atoms with Crippen LogP contribution in [0.15, 0.2) is 45.8 Å². The summed E-state index contributed by atoms with van der Waals surface area (Å²) in [7, 11) is -4.57. The number of benzene rings is 2. The maximum atomic E-state index is 14.5. The van der Waals surface area contributed by atoms with Gasteiger partial charge in [-0.1, -0.05) is 17.3 Å². The fraction of sp³-hybridized carbons (Fsp3) is 0.118. The van der Waals surface area contributed by atoms with Crippen molar-refractivity contribution in [1.82, 2.24) is 5.16 Å². The van der Waals surface area contributed by atoms with Crippen LogP contribution in [0, 0.1) is 11.6 Å². The Morgan fingerprint density at radius 2 is 1.66 bits per heavy atom. The third-order valence-electron chi connectivity index (χ3n) is 3.97. The average molecular weight is 436 g/mol. The van der Waals surface area contributed by atoms with Crippen LogP contribution in [0.2, 0.25) is 0 Å². The van der Waals surface area contributed by atoms with Crippen molar-refractivity contribution in [1.29, 1.82) is 0 Å². The first-order valence-electron chi connectivity index (χ1n) is 7.68. The Bertz CT molecular complexity index is 1170. The third-order valence-corrected chi connectivity index (χ3v) is 4.89. The van der Waals surface area contributed by atoms with Gasteiger partial charge < -0.3 is 4.52 Å². The summed E-state index contributed by atoms with van der Waals surface area (Å²) in [6.45, 7) is -1.29. The number of nitrogens with zero attached hydrogens (tertiary/aromatic N) is 1. The summed E-state index contributed by atoms with van der Waals surface area (Å²) in [5.41, 5.74) is -2.19. The van der Waals surface area contributed by atoms with Crippen molar-refractivity contribution < 1.29 is 39.3 Å². The minimum Gasteiger partial charge on any atom is -0.357 e. The number of nitrogens with two attached hydrogens (primary N) is 1. The lowest BCUT2D eigenvalue weighted by Crippen LogP contribution is -2.14. The molecular weight excluding hydrogens is 426 g/mol. The van der Waals surface area contributed by atoms with Gasteiger partial charge in [-0.15, -0.1) is 0 Å². The molecule has 0 aliphatic carbocycles. The van der Waals surface area contributed by atoms with Gasteiger partial charge in [0.1, 0.15) is 22.2 Å². The molecule has 154 valence electrons. The third kappa shape index (κ3) is 3.98. The van der Waals surface area contributed by atoms with Crippen LogP contribution in [0.1, 0.15) is 11.3 Å². The van der Waals surface area contributed by atoms with Crippen LogP contribution in [0.4, 0.5) is 26.3 Å². The molecule has 0 radical (unpaired) electrons. The van der Waals surface area contributed by atoms with Crippen molar-refractivity contribution in [3.8, 4) is 22.4 Å². The van der Waals surface area contributed by atoms with Gasteiger partial charge in [0.2, 0.25) is 10.0 Å². The number of aromatic nitrogens is 1. The molecule has 2 aromatic carbocycles. The monoisotopic (exact) mass is 436 g/mol. The van der Waals surface area contributed by atoms with E-state index in [4.69, 9.17) is 9.66 Å². The quantitative estimate of drug-likeness (QED) is 0.614. The Labute approximate surface area is 159 Å². The number of hydrogen-bond donors (Lipinski definition) is 1. The summed E-state index contributed by atoms with van der Waals surface area (Å²) < 4.78 is 108. The number of primary sulfonamides is 1. The number of rotatable bonds is 4. The first kappa shape index (κ1) is 20.9. The number of sulfonamides is 1. The molecule has 5 nitrogen and oxygen atoms in total. The Morgan fingerprint density at radius 1 is 1.03 bits per heavy atom. The predicted octanol–water partition coefficient (Wildman–Crippen LogP) is 4.42. The van der Waals surface area contributed by atoms with Gasteiger partial charge in [-0.3, -0.25) is 0 Å². The largest absolute Gasteiger partial charge is 0.416 e. The van der Waals surface area contributed by atoms with Crippen LogP contribution in [-0.2, 0) is 22.9 Å². The highest BCUT2D eigenvalue weighted by Crippen LogP contribution is 2.39. The Kier molecular flexibility index (Phi) is 5.17. The van der Waals surface area contributed by atoms with Crippen molar-refractivity contribution in [3.63, 3.8) is 0 Å². The van der Waals surface area contributed by atoms with Crippen LogP contribution in [0.5, 0.6) is 0 Å². The van der Waals surface area contributed by atoms with Crippen LogP contribution in [-0.4, -0.2) is 13.6 Å². The number of alkyl halides is 4. The van der Waals surface area contributed by atoms with E-state index in [1.54, 1.807) is 0 Å². The second-order valence-electron chi connectivity index (χ2n) is 5.85. The summed E-state index contributed by atoms with van der Waals surface area (Å²) >= 11 is 0. The van der Waals surface area contributed by atoms with Crippen LogP contribution < -0.4 is 5.14 Å². The Balaban J connectivity index is 2.20. The molecule has 0 aliphatic heterocycles. The zero-order chi connectivity index (χ0) is 21.6. The average Bonchev–Trinajstić information content (AvgIpc) is 3.05. The molecule has 0 spiro atoms. The topological polar surface area (TPSA) is 86.2 Å². The lowest BCUT2D eigenvalue weighted by molar-refractivity contribution is -0.137. The summed E-state index contributed by atoms with van der Waals surface area (Å²) in [6, 6.07) is 4.23. The molecule has 1 aromatic heterocycles. The van der Waals surface area contributed by atoms with Crippen molar-refractivity contribution >= 4 is 10.0 Å². The van der Waals surface area contributed by atoms with Crippen LogP contribution >= 0.6 is 0 Å². The molecular formula is C17H10F6N2O3S. The molecule has 3 rings (SSSR count). The lowest BCUT2D eigenvalue weighted by atomic mass is 9.98. The number of halogens is 6. The van der Waals surface area contributed by atoms with Gasteiger partial charge in [0.05, 0.1) is 11.1 Å². The molecule has 2 N–H and O–H groups in total. The lowest BCUT2D eigenvalue weighted by Gasteiger charge is -2.09. The SMILES string of the molecule is NS(=O)(=O)c1cc(F)c(-c2c(-c3ccc(C(F)(F)F)cc3)noc2CF)cc1F. The minimum absolute atomic E-state index is 0.00628. The van der Waals surface area contributed by atoms with Crippen molar-refractivity contribution in [2.75, 3.05) is 0 Å². The zero-order valence-electron chi connectivity index (χ0n) is 14.1. The normalized spacial score (nSPS) is 12.4. The van der Waals surface area contributed by atoms with Crippen molar-refractivity contribution in [2.45, 2.75) is 17.7 Å². The van der Waals surface area contributed by atoms with E-state index in [1.165, 1.54) is 0 Å². The first-order chi connectivity index (χ1) is 13.4. The number of hydrogen-bond acceptors (Lipinski definition) is 4. The second kappa shape index (κ2) is 7.19. The van der Waals surface area contributed by atoms with E-state index in [2.05, 4.69) is 5.16 Å². The molecule has 12 heteroatoms. The summed E-state index contributed by atoms with van der Waals surface area (Å²) in [6.07, 6.45) is -4.60. The molecule has 29 heavy (non-hydrogen) atoms. The van der Waals surface area contributed by atoms with Crippen LogP contribution in [0.25, 0.3) is 22.4 Å². The van der Waals surface area contributed by atoms with E-state index in [-0.39, 0.29) is 16.8 Å². The highest BCUT2D eigenvalue weighted by Gasteiger charge is 2.31. The minimum atomic E-state index is -4.60. The van der Waals surface area contributed by atoms with Gasteiger partial charge in [0.25, 0.3) is 0 Å². The summed E-state index contributed by atoms with van der Waals surface area (Å²) in [5.74, 6) is -3.21. The Morgan fingerprint density at radius 3 is 2.17 bits per heavy atom. The van der Waals surface area contributed by atoms with Gasteiger partial charge in [0, 0.05) is 11.1 Å². The standard InChI is InChI=1S/C17H10F6N2O3S/c18-7-13-15(10-5-12(20)14(6-11(10)19)29(24,26)27)16(25-28-13)8-1-3-9(4-2-8)17(21,22)23/h1-6H,7H2,(H2,24,26,27). The van der Waals surface area contributed by atoms with Crippen molar-refractivity contribution in [3.05, 3.63) is 59.4 Å². The van der Waals surface area contributed by atoms with E-state index in [1.807, 2.05) is 0 Å². The zero-order valence-corrected chi connectivity index (χ0v) is 14.9. The predicted molar refractivity (Wildman–Crippen MR) is 88.5 cm³/mol. The van der Waals surface area contributed by atoms with E-state index >= 15 is 0 Å². The summed E-state index contributed by atoms with van der Waals surface area (Å²) in [4.78, 5) is -1.12. The Hall–Kier alpha value is -2.86. The first-order valence-corrected chi connectivity index (χ1v) is 9.22. The van der Waals surface area contributed by atoms with Gasteiger partial charge in [0.15, 0.2) is 12.4 Å². The second-order valence-corrected chi connectivity index (χ2v) is 7.38. The molecule has 0 unspecified atom stereocenters. The smallest absolute Gasteiger partial charge is 0.357 e. The maximum Gasteiger partial charge on any atom is 0.416 e. The molecule has 0 fully saturated rings. The fourth-order valence-corrected chi connectivity index (χ4v) is 3.24. The molecule has 3 aromatic rings. The molecule has 0 atom stereocenters. The molecule has 0 amide bonds. The van der Waals surface area contributed by atoms with E-state index < -0.39 is 56.3 Å². The van der Waals surface area contributed by atoms with E-state index in [0.29, 0.717) is 12.1 Å². The molecule has 0 saturated heterocycles. The van der Waals surface area contributed by atoms with Gasteiger partial charge in [-0.05, 0) is 24.3 Å². The highest BCUT2D eigenvalue weighted by atomic mass is 32.2. The van der Waals surface area contributed by atoms with Gasteiger partial charge in [-0.2, -0.15) is 13.2 Å². The summed E-state index contributed by atoms with van der Waals surface area (Å²) in [5, 5.41) is 8.34. The van der Waals surface area contributed by atoms with Crippen molar-refractivity contribution in [2.24, 2.45) is 5.14 Å².